The predicted molar refractivity (Wildman–Crippen MR) is 96.9 cm³/mol. The van der Waals surface area contributed by atoms with E-state index in [9.17, 15) is 24.3 Å². The third kappa shape index (κ3) is 9.23. The van der Waals surface area contributed by atoms with E-state index in [0.717, 1.165) is 0 Å². The summed E-state index contributed by atoms with van der Waals surface area (Å²) in [6, 6.07) is -3.48. The molecule has 0 saturated heterocycles. The summed E-state index contributed by atoms with van der Waals surface area (Å²) in [5, 5.41) is 25.3. The zero-order valence-corrected chi connectivity index (χ0v) is 16.7. The van der Waals surface area contributed by atoms with Crippen LogP contribution in [0.25, 0.3) is 0 Å². The van der Waals surface area contributed by atoms with E-state index in [0.29, 0.717) is 6.42 Å². The summed E-state index contributed by atoms with van der Waals surface area (Å²) in [5.41, 5.74) is -0.785. The summed E-state index contributed by atoms with van der Waals surface area (Å²) >= 11 is 0. The number of ether oxygens (including phenoxy) is 1. The Morgan fingerprint density at radius 3 is 1.96 bits per heavy atom. The van der Waals surface area contributed by atoms with Gasteiger partial charge in [-0.2, -0.15) is 0 Å². The van der Waals surface area contributed by atoms with Gasteiger partial charge in [-0.1, -0.05) is 20.3 Å². The van der Waals surface area contributed by atoms with Crippen molar-refractivity contribution >= 4 is 23.9 Å². The minimum absolute atomic E-state index is 0.309. The average molecular weight is 389 g/mol. The number of aliphatic carboxylic acids is 1. The van der Waals surface area contributed by atoms with Crippen molar-refractivity contribution in [3.05, 3.63) is 0 Å². The van der Waals surface area contributed by atoms with Crippen LogP contribution < -0.4 is 16.0 Å². The molecule has 0 heterocycles. The van der Waals surface area contributed by atoms with E-state index in [-0.39, 0.29) is 5.92 Å². The number of aliphatic hydroxyl groups excluding tert-OH is 1. The summed E-state index contributed by atoms with van der Waals surface area (Å²) < 4.78 is 5.03. The van der Waals surface area contributed by atoms with Gasteiger partial charge in [-0.25, -0.2) is 4.79 Å². The first-order valence-corrected chi connectivity index (χ1v) is 8.76. The highest BCUT2D eigenvalue weighted by Gasteiger charge is 2.31. The summed E-state index contributed by atoms with van der Waals surface area (Å²) in [4.78, 5) is 47.4. The third-order valence-electron chi connectivity index (χ3n) is 3.71. The van der Waals surface area contributed by atoms with Gasteiger partial charge >= 0.3 is 12.1 Å². The minimum atomic E-state index is -1.32. The first kappa shape index (κ1) is 24.6. The van der Waals surface area contributed by atoms with E-state index in [1.54, 1.807) is 34.6 Å². The molecule has 0 aliphatic rings. The maximum absolute atomic E-state index is 12.4. The number of carbonyl (C=O) groups is 4. The maximum Gasteiger partial charge on any atom is 0.408 e. The van der Waals surface area contributed by atoms with E-state index >= 15 is 0 Å². The van der Waals surface area contributed by atoms with E-state index in [2.05, 4.69) is 16.0 Å². The average Bonchev–Trinajstić information content (AvgIpc) is 2.54. The number of amides is 3. The van der Waals surface area contributed by atoms with Gasteiger partial charge in [0.05, 0.1) is 6.61 Å². The molecule has 0 radical (unpaired) electrons. The molecule has 0 spiro atoms. The first-order valence-electron chi connectivity index (χ1n) is 8.76. The van der Waals surface area contributed by atoms with Gasteiger partial charge in [0.25, 0.3) is 0 Å². The molecule has 5 N–H and O–H groups in total. The number of alkyl carbamates (subject to hydrolysis) is 1. The second-order valence-corrected chi connectivity index (χ2v) is 7.32. The largest absolute Gasteiger partial charge is 0.480 e. The van der Waals surface area contributed by atoms with Gasteiger partial charge in [0.15, 0.2) is 0 Å². The standard InChI is InChI=1S/C17H31N3O7/c1-7-9(2)12(14(23)18-10(3)15(24)25)20-13(22)11(8-21)19-16(26)27-17(4,5)6/h9-12,21H,7-8H2,1-6H3,(H,18,23)(H,19,26)(H,20,22)(H,24,25)/t9-,10-,11-,12-/m0/s1. The van der Waals surface area contributed by atoms with Crippen LogP contribution in [0.1, 0.15) is 48.0 Å². The molecule has 27 heavy (non-hydrogen) atoms. The van der Waals surface area contributed by atoms with Crippen molar-refractivity contribution in [3.63, 3.8) is 0 Å². The van der Waals surface area contributed by atoms with Crippen molar-refractivity contribution in [2.24, 2.45) is 5.92 Å². The van der Waals surface area contributed by atoms with E-state index in [1.807, 2.05) is 0 Å². The van der Waals surface area contributed by atoms with Crippen molar-refractivity contribution in [2.45, 2.75) is 71.7 Å². The fraction of sp³-hybridized carbons (Fsp3) is 0.765. The quantitative estimate of drug-likeness (QED) is 0.371. The molecule has 3 amide bonds. The van der Waals surface area contributed by atoms with Crippen molar-refractivity contribution in [1.29, 1.82) is 0 Å². The SMILES string of the molecule is CC[C@H](C)[C@H](NC(=O)[C@H](CO)NC(=O)OC(C)(C)C)C(=O)N[C@@H](C)C(=O)O. The monoisotopic (exact) mass is 389 g/mol. The Labute approximate surface area is 159 Å². The Balaban J connectivity index is 5.11. The van der Waals surface area contributed by atoms with Crippen LogP contribution in [0, 0.1) is 5.92 Å². The first-order chi connectivity index (χ1) is 12.3. The number of hydrogen-bond donors (Lipinski definition) is 5. The summed E-state index contributed by atoms with van der Waals surface area (Å²) in [6.45, 7) is 9.06. The molecule has 0 rings (SSSR count). The van der Waals surface area contributed by atoms with Gasteiger partial charge in [-0.3, -0.25) is 14.4 Å². The second-order valence-electron chi connectivity index (χ2n) is 7.32. The third-order valence-corrected chi connectivity index (χ3v) is 3.71. The Kier molecular flexibility index (Phi) is 9.77. The molecule has 0 saturated carbocycles. The summed E-state index contributed by atoms with van der Waals surface area (Å²) in [5.74, 6) is -2.97. The highest BCUT2D eigenvalue weighted by atomic mass is 16.6. The zero-order chi connectivity index (χ0) is 21.4. The molecule has 0 fully saturated rings. The summed E-state index contributed by atoms with van der Waals surface area (Å²) in [6.07, 6.45) is -0.357. The van der Waals surface area contributed by atoms with Crippen LogP contribution in [0.5, 0.6) is 0 Å². The number of carboxylic acids is 1. The van der Waals surface area contributed by atoms with Crippen LogP contribution in [-0.2, 0) is 19.1 Å². The van der Waals surface area contributed by atoms with Crippen LogP contribution in [-0.4, -0.2) is 64.4 Å². The Hall–Kier alpha value is -2.36. The molecular formula is C17H31N3O7. The van der Waals surface area contributed by atoms with Crippen LogP contribution in [0.15, 0.2) is 0 Å². The lowest BCUT2D eigenvalue weighted by atomic mass is 9.97. The summed E-state index contributed by atoms with van der Waals surface area (Å²) in [7, 11) is 0. The second kappa shape index (κ2) is 10.7. The number of carboxylic acid groups (broad SMARTS) is 1. The van der Waals surface area contributed by atoms with Crippen molar-refractivity contribution < 1.29 is 34.1 Å². The molecular weight excluding hydrogens is 358 g/mol. The van der Waals surface area contributed by atoms with Crippen molar-refractivity contribution in [3.8, 4) is 0 Å². The maximum atomic E-state index is 12.4. The van der Waals surface area contributed by atoms with Crippen LogP contribution >= 0.6 is 0 Å². The van der Waals surface area contributed by atoms with Gasteiger partial charge in [0.1, 0.15) is 23.7 Å². The molecule has 156 valence electrons. The topological polar surface area (TPSA) is 154 Å². The Bertz CT molecular complexity index is 545. The van der Waals surface area contributed by atoms with Crippen LogP contribution in [0.3, 0.4) is 0 Å². The van der Waals surface area contributed by atoms with Gasteiger partial charge in [0, 0.05) is 0 Å². The number of carbonyl (C=O) groups excluding carboxylic acids is 3. The predicted octanol–water partition coefficient (Wildman–Crippen LogP) is -0.00780. The van der Waals surface area contributed by atoms with E-state index < -0.39 is 54.2 Å². The zero-order valence-electron chi connectivity index (χ0n) is 16.7. The molecule has 0 aromatic rings. The van der Waals surface area contributed by atoms with Crippen molar-refractivity contribution in [2.75, 3.05) is 6.61 Å². The van der Waals surface area contributed by atoms with E-state index in [1.165, 1.54) is 6.92 Å². The molecule has 0 aliphatic carbocycles. The van der Waals surface area contributed by atoms with E-state index in [4.69, 9.17) is 9.84 Å². The molecule has 10 nitrogen and oxygen atoms in total. The smallest absolute Gasteiger partial charge is 0.408 e. The molecule has 0 bridgehead atoms. The minimum Gasteiger partial charge on any atom is -0.480 e. The molecule has 0 unspecified atom stereocenters. The molecule has 4 atom stereocenters. The Morgan fingerprint density at radius 2 is 1.56 bits per heavy atom. The number of aliphatic hydroxyl groups is 1. The van der Waals surface area contributed by atoms with Gasteiger partial charge in [0.2, 0.25) is 11.8 Å². The number of nitrogens with one attached hydrogen (secondary N) is 3. The van der Waals surface area contributed by atoms with Gasteiger partial charge < -0.3 is 30.9 Å². The lowest BCUT2D eigenvalue weighted by molar-refractivity contribution is -0.142. The van der Waals surface area contributed by atoms with Gasteiger partial charge in [-0.05, 0) is 33.6 Å². The fourth-order valence-electron chi connectivity index (χ4n) is 1.96. The Morgan fingerprint density at radius 1 is 1.00 bits per heavy atom. The lowest BCUT2D eigenvalue weighted by Gasteiger charge is -2.27. The fourth-order valence-corrected chi connectivity index (χ4v) is 1.96. The number of rotatable bonds is 9. The molecule has 0 aromatic heterocycles. The van der Waals surface area contributed by atoms with Crippen LogP contribution in [0.2, 0.25) is 0 Å². The van der Waals surface area contributed by atoms with Gasteiger partial charge in [-0.15, -0.1) is 0 Å². The number of hydrogen-bond acceptors (Lipinski definition) is 6. The molecule has 10 heteroatoms. The highest BCUT2D eigenvalue weighted by molar-refractivity contribution is 5.93. The molecule has 0 aromatic carbocycles. The lowest BCUT2D eigenvalue weighted by Crippen LogP contribution is -2.58. The highest BCUT2D eigenvalue weighted by Crippen LogP contribution is 2.10. The normalized spacial score (nSPS) is 15.7. The molecule has 0 aliphatic heterocycles. The van der Waals surface area contributed by atoms with Crippen molar-refractivity contribution in [1.82, 2.24) is 16.0 Å². The van der Waals surface area contributed by atoms with Crippen LogP contribution in [0.4, 0.5) is 4.79 Å².